The van der Waals surface area contributed by atoms with Crippen LogP contribution in [0.3, 0.4) is 0 Å². The molecule has 0 bridgehead atoms. The minimum absolute atomic E-state index is 0.129. The molecule has 0 atom stereocenters. The zero-order valence-electron chi connectivity index (χ0n) is 15.8. The number of nitrogens with zero attached hydrogens (tertiary/aromatic N) is 5. The second kappa shape index (κ2) is 9.32. The molecule has 152 valence electrons. The van der Waals surface area contributed by atoms with Crippen molar-refractivity contribution in [2.24, 2.45) is 0 Å². The van der Waals surface area contributed by atoms with Gasteiger partial charge in [-0.15, -0.1) is 11.8 Å². The number of carbonyl (C=O) groups is 2. The number of rotatable bonds is 6. The van der Waals surface area contributed by atoms with Crippen LogP contribution in [0.1, 0.15) is 10.4 Å². The predicted octanol–water partition coefficient (Wildman–Crippen LogP) is 1.19. The van der Waals surface area contributed by atoms with E-state index >= 15 is 0 Å². The smallest absolute Gasteiger partial charge is 0.283 e. The van der Waals surface area contributed by atoms with Crippen LogP contribution in [0.2, 0.25) is 0 Å². The quantitative estimate of drug-likeness (QED) is 0.423. The van der Waals surface area contributed by atoms with Crippen LogP contribution >= 0.6 is 11.8 Å². The van der Waals surface area contributed by atoms with Crippen LogP contribution < -0.4 is 10.2 Å². The molecule has 11 heteroatoms. The summed E-state index contributed by atoms with van der Waals surface area (Å²) in [6.07, 6.45) is 5.07. The van der Waals surface area contributed by atoms with E-state index in [0.29, 0.717) is 37.0 Å². The molecule has 2 amide bonds. The molecule has 1 aliphatic heterocycles. The standard InChI is InChI=1S/C18H20N6O4S/c1-29-15-4-3-13(11-14(15)24(27)28)17(26)21-12-16(25)22-7-9-23(10-8-22)18-19-5-2-6-20-18/h2-6,11H,7-10,12H2,1H3,(H,21,26). The van der Waals surface area contributed by atoms with Gasteiger partial charge < -0.3 is 15.1 Å². The maximum Gasteiger partial charge on any atom is 0.283 e. The van der Waals surface area contributed by atoms with Gasteiger partial charge in [0.15, 0.2) is 0 Å². The Morgan fingerprint density at radius 1 is 1.21 bits per heavy atom. The summed E-state index contributed by atoms with van der Waals surface area (Å²) in [7, 11) is 0. The summed E-state index contributed by atoms with van der Waals surface area (Å²) in [5, 5.41) is 13.7. The molecule has 1 saturated heterocycles. The normalized spacial score (nSPS) is 13.8. The lowest BCUT2D eigenvalue weighted by atomic mass is 10.2. The maximum atomic E-state index is 12.4. The topological polar surface area (TPSA) is 122 Å². The highest BCUT2D eigenvalue weighted by Gasteiger charge is 2.23. The SMILES string of the molecule is CSc1ccc(C(=O)NCC(=O)N2CCN(c3ncccn3)CC2)cc1[N+](=O)[O-]. The van der Waals surface area contributed by atoms with Crippen molar-refractivity contribution in [2.45, 2.75) is 4.90 Å². The molecule has 2 heterocycles. The van der Waals surface area contributed by atoms with E-state index in [1.807, 2.05) is 4.90 Å². The van der Waals surface area contributed by atoms with Crippen molar-refractivity contribution in [3.8, 4) is 0 Å². The van der Waals surface area contributed by atoms with Crippen molar-refractivity contribution in [1.29, 1.82) is 0 Å². The second-order valence-electron chi connectivity index (χ2n) is 6.24. The van der Waals surface area contributed by atoms with Crippen LogP contribution in [0.4, 0.5) is 11.6 Å². The molecule has 10 nitrogen and oxygen atoms in total. The van der Waals surface area contributed by atoms with Gasteiger partial charge in [0.2, 0.25) is 11.9 Å². The first kappa shape index (κ1) is 20.5. The largest absolute Gasteiger partial charge is 0.343 e. The number of anilines is 1. The fraction of sp³-hybridized carbons (Fsp3) is 0.333. The number of carbonyl (C=O) groups excluding carboxylic acids is 2. The molecular formula is C18H20N6O4S. The summed E-state index contributed by atoms with van der Waals surface area (Å²) in [6.45, 7) is 2.04. The summed E-state index contributed by atoms with van der Waals surface area (Å²) >= 11 is 1.23. The average molecular weight is 416 g/mol. The highest BCUT2D eigenvalue weighted by atomic mass is 32.2. The van der Waals surface area contributed by atoms with Gasteiger partial charge in [0.25, 0.3) is 11.6 Å². The van der Waals surface area contributed by atoms with Crippen LogP contribution in [-0.2, 0) is 4.79 Å². The number of hydrogen-bond donors (Lipinski definition) is 1. The van der Waals surface area contributed by atoms with E-state index in [9.17, 15) is 19.7 Å². The van der Waals surface area contributed by atoms with Gasteiger partial charge in [0.05, 0.1) is 16.4 Å². The van der Waals surface area contributed by atoms with Crippen molar-refractivity contribution in [2.75, 3.05) is 43.9 Å². The molecule has 3 rings (SSSR count). The van der Waals surface area contributed by atoms with E-state index in [2.05, 4.69) is 15.3 Å². The molecule has 29 heavy (non-hydrogen) atoms. The van der Waals surface area contributed by atoms with Crippen LogP contribution in [0.25, 0.3) is 0 Å². The lowest BCUT2D eigenvalue weighted by Crippen LogP contribution is -2.51. The van der Waals surface area contributed by atoms with Gasteiger partial charge in [0.1, 0.15) is 0 Å². The van der Waals surface area contributed by atoms with Crippen LogP contribution in [-0.4, -0.2) is 70.6 Å². The summed E-state index contributed by atoms with van der Waals surface area (Å²) in [4.78, 5) is 47.9. The molecular weight excluding hydrogens is 396 g/mol. The number of nitro benzene ring substituents is 1. The average Bonchev–Trinajstić information content (AvgIpc) is 2.77. The Morgan fingerprint density at radius 3 is 2.52 bits per heavy atom. The molecule has 1 aliphatic rings. The summed E-state index contributed by atoms with van der Waals surface area (Å²) in [6, 6.07) is 6.02. The van der Waals surface area contributed by atoms with Crippen LogP contribution in [0.15, 0.2) is 41.6 Å². The zero-order chi connectivity index (χ0) is 20.8. The lowest BCUT2D eigenvalue weighted by Gasteiger charge is -2.34. The summed E-state index contributed by atoms with van der Waals surface area (Å²) in [5.41, 5.74) is 0.0177. The molecule has 0 saturated carbocycles. The van der Waals surface area contributed by atoms with E-state index in [-0.39, 0.29) is 23.7 Å². The summed E-state index contributed by atoms with van der Waals surface area (Å²) < 4.78 is 0. The Bertz CT molecular complexity index is 902. The molecule has 1 N–H and O–H groups in total. The predicted molar refractivity (Wildman–Crippen MR) is 108 cm³/mol. The first-order chi connectivity index (χ1) is 14.0. The summed E-state index contributed by atoms with van der Waals surface area (Å²) in [5.74, 6) is -0.101. The van der Waals surface area contributed by atoms with Crippen molar-refractivity contribution in [3.05, 3.63) is 52.3 Å². The van der Waals surface area contributed by atoms with E-state index in [1.54, 1.807) is 29.6 Å². The number of nitrogens with one attached hydrogen (secondary N) is 1. The van der Waals surface area contributed by atoms with Gasteiger partial charge in [-0.2, -0.15) is 0 Å². The second-order valence-corrected chi connectivity index (χ2v) is 7.09. The third kappa shape index (κ3) is 4.99. The third-order valence-electron chi connectivity index (χ3n) is 4.51. The van der Waals surface area contributed by atoms with Gasteiger partial charge >= 0.3 is 0 Å². The monoisotopic (exact) mass is 416 g/mol. The van der Waals surface area contributed by atoms with Gasteiger partial charge in [-0.05, 0) is 24.5 Å². The molecule has 1 aromatic heterocycles. The van der Waals surface area contributed by atoms with Gasteiger partial charge in [-0.25, -0.2) is 9.97 Å². The first-order valence-electron chi connectivity index (χ1n) is 8.90. The third-order valence-corrected chi connectivity index (χ3v) is 5.29. The van der Waals surface area contributed by atoms with Crippen molar-refractivity contribution < 1.29 is 14.5 Å². The van der Waals surface area contributed by atoms with E-state index in [4.69, 9.17) is 0 Å². The van der Waals surface area contributed by atoms with Crippen molar-refractivity contribution in [1.82, 2.24) is 20.2 Å². The molecule has 0 spiro atoms. The minimum atomic E-state index is -0.524. The van der Waals surface area contributed by atoms with Gasteiger partial charge in [-0.3, -0.25) is 19.7 Å². The first-order valence-corrected chi connectivity index (χ1v) is 10.1. The van der Waals surface area contributed by atoms with E-state index in [0.717, 1.165) is 0 Å². The Morgan fingerprint density at radius 2 is 1.90 bits per heavy atom. The molecule has 2 aromatic rings. The Kier molecular flexibility index (Phi) is 6.60. The van der Waals surface area contributed by atoms with Crippen LogP contribution in [0, 0.1) is 10.1 Å². The van der Waals surface area contributed by atoms with Gasteiger partial charge in [-0.1, -0.05) is 0 Å². The van der Waals surface area contributed by atoms with Crippen molar-refractivity contribution >= 4 is 35.2 Å². The Balaban J connectivity index is 1.53. The minimum Gasteiger partial charge on any atom is -0.343 e. The Hall–Kier alpha value is -3.21. The molecule has 0 aliphatic carbocycles. The molecule has 1 fully saturated rings. The lowest BCUT2D eigenvalue weighted by molar-refractivity contribution is -0.387. The number of amides is 2. The number of nitro groups is 1. The van der Waals surface area contributed by atoms with Crippen molar-refractivity contribution in [3.63, 3.8) is 0 Å². The van der Waals surface area contributed by atoms with Crippen LogP contribution in [0.5, 0.6) is 0 Å². The molecule has 0 unspecified atom stereocenters. The van der Waals surface area contributed by atoms with Gasteiger partial charge in [0, 0.05) is 50.2 Å². The van der Waals surface area contributed by atoms with E-state index in [1.165, 1.54) is 30.0 Å². The highest BCUT2D eigenvalue weighted by Crippen LogP contribution is 2.28. The number of piperazine rings is 1. The number of hydrogen-bond acceptors (Lipinski definition) is 8. The number of thioether (sulfide) groups is 1. The fourth-order valence-electron chi connectivity index (χ4n) is 2.95. The fourth-order valence-corrected chi connectivity index (χ4v) is 3.50. The Labute approximate surface area is 171 Å². The number of benzene rings is 1. The number of aromatic nitrogens is 2. The molecule has 0 radical (unpaired) electrons. The zero-order valence-corrected chi connectivity index (χ0v) is 16.6. The molecule has 1 aromatic carbocycles. The van der Waals surface area contributed by atoms with E-state index < -0.39 is 10.8 Å². The maximum absolute atomic E-state index is 12.4. The highest BCUT2D eigenvalue weighted by molar-refractivity contribution is 7.98.